The van der Waals surface area contributed by atoms with Gasteiger partial charge in [0, 0.05) is 38.2 Å². The molecule has 2 aromatic heterocycles. The second kappa shape index (κ2) is 7.40. The molecule has 130 valence electrons. The van der Waals surface area contributed by atoms with Gasteiger partial charge in [0.05, 0.1) is 17.7 Å². The predicted octanol–water partition coefficient (Wildman–Crippen LogP) is 1.90. The van der Waals surface area contributed by atoms with Crippen LogP contribution in [0.5, 0.6) is 0 Å². The molecule has 3 heterocycles. The van der Waals surface area contributed by atoms with Gasteiger partial charge < -0.3 is 15.0 Å². The largest absolute Gasteiger partial charge is 0.380 e. The minimum Gasteiger partial charge on any atom is -0.380 e. The van der Waals surface area contributed by atoms with Crippen molar-refractivity contribution in [2.75, 3.05) is 30.4 Å². The van der Waals surface area contributed by atoms with E-state index in [9.17, 15) is 4.39 Å². The molecule has 0 bridgehead atoms. The fraction of sp³-hybridized carbons (Fsp3) is 0.412. The van der Waals surface area contributed by atoms with Crippen LogP contribution in [0.2, 0.25) is 0 Å². The Balaban J connectivity index is 1.74. The van der Waals surface area contributed by atoms with E-state index in [4.69, 9.17) is 10.00 Å². The molecule has 0 aromatic carbocycles. The molecule has 0 amide bonds. The van der Waals surface area contributed by atoms with E-state index in [-0.39, 0.29) is 23.5 Å². The number of hydrogen-bond donors (Lipinski definition) is 1. The Kier molecular flexibility index (Phi) is 5.05. The molecule has 7 nitrogen and oxygen atoms in total. The van der Waals surface area contributed by atoms with Crippen LogP contribution in [0.3, 0.4) is 0 Å². The van der Waals surface area contributed by atoms with E-state index in [2.05, 4.69) is 25.2 Å². The standard InChI is InChI=1S/C17H19FN6O/c1-11-3-16(23-10-22-11)24-9-14(25-2)5-13(24)8-21-17-15(18)4-12(6-19)7-20-17/h3-4,7,10,13-14H,5,8-9H2,1-2H3,(H,20,21)/t13-,14-/m0/s1. The highest BCUT2D eigenvalue weighted by atomic mass is 19.1. The van der Waals surface area contributed by atoms with Crippen LogP contribution in [0.15, 0.2) is 24.7 Å². The Labute approximate surface area is 145 Å². The summed E-state index contributed by atoms with van der Waals surface area (Å²) in [5.74, 6) is 0.426. The molecule has 0 aliphatic carbocycles. The third kappa shape index (κ3) is 3.83. The first-order valence-electron chi connectivity index (χ1n) is 7.98. The molecule has 0 spiro atoms. The van der Waals surface area contributed by atoms with Crippen molar-refractivity contribution in [3.63, 3.8) is 0 Å². The van der Waals surface area contributed by atoms with Crippen LogP contribution < -0.4 is 10.2 Å². The predicted molar refractivity (Wildman–Crippen MR) is 90.7 cm³/mol. The van der Waals surface area contributed by atoms with Crippen LogP contribution >= 0.6 is 0 Å². The number of rotatable bonds is 5. The monoisotopic (exact) mass is 342 g/mol. The van der Waals surface area contributed by atoms with E-state index in [1.807, 2.05) is 19.1 Å². The zero-order valence-corrected chi connectivity index (χ0v) is 14.1. The summed E-state index contributed by atoms with van der Waals surface area (Å²) in [5, 5.41) is 11.8. The maximum Gasteiger partial charge on any atom is 0.166 e. The number of nitriles is 1. The summed E-state index contributed by atoms with van der Waals surface area (Å²) < 4.78 is 19.5. The van der Waals surface area contributed by atoms with Crippen LogP contribution in [0.1, 0.15) is 17.7 Å². The van der Waals surface area contributed by atoms with Gasteiger partial charge in [0.25, 0.3) is 0 Å². The molecule has 3 rings (SSSR count). The molecule has 2 aromatic rings. The van der Waals surface area contributed by atoms with E-state index in [0.29, 0.717) is 13.1 Å². The van der Waals surface area contributed by atoms with Crippen LogP contribution in [0.25, 0.3) is 0 Å². The maximum atomic E-state index is 14.0. The van der Waals surface area contributed by atoms with Crippen LogP contribution in [-0.4, -0.2) is 47.3 Å². The number of ether oxygens (including phenoxy) is 1. The van der Waals surface area contributed by atoms with Gasteiger partial charge in [-0.25, -0.2) is 19.3 Å². The summed E-state index contributed by atoms with van der Waals surface area (Å²) in [4.78, 5) is 14.6. The molecule has 1 fully saturated rings. The summed E-state index contributed by atoms with van der Waals surface area (Å²) in [6.45, 7) is 3.11. The van der Waals surface area contributed by atoms with Crippen molar-refractivity contribution < 1.29 is 9.13 Å². The third-order valence-corrected chi connectivity index (χ3v) is 4.27. The van der Waals surface area contributed by atoms with Crippen molar-refractivity contribution in [2.24, 2.45) is 0 Å². The molecule has 1 N–H and O–H groups in total. The first-order valence-corrected chi connectivity index (χ1v) is 7.98. The van der Waals surface area contributed by atoms with E-state index < -0.39 is 5.82 Å². The lowest BCUT2D eigenvalue weighted by molar-refractivity contribution is 0.118. The van der Waals surface area contributed by atoms with Gasteiger partial charge in [-0.2, -0.15) is 5.26 Å². The molecule has 25 heavy (non-hydrogen) atoms. The molecule has 8 heteroatoms. The van der Waals surface area contributed by atoms with Crippen molar-refractivity contribution in [1.29, 1.82) is 5.26 Å². The van der Waals surface area contributed by atoms with Crippen LogP contribution in [-0.2, 0) is 4.74 Å². The second-order valence-corrected chi connectivity index (χ2v) is 5.96. The fourth-order valence-corrected chi connectivity index (χ4v) is 2.96. The molecule has 1 aliphatic rings. The minimum absolute atomic E-state index is 0.0797. The van der Waals surface area contributed by atoms with Gasteiger partial charge in [0.1, 0.15) is 18.2 Å². The van der Waals surface area contributed by atoms with E-state index >= 15 is 0 Å². The average Bonchev–Trinajstić information content (AvgIpc) is 3.04. The minimum atomic E-state index is -0.537. The normalized spacial score (nSPS) is 19.7. The number of halogens is 1. The summed E-state index contributed by atoms with van der Waals surface area (Å²) >= 11 is 0. The number of nitrogens with one attached hydrogen (secondary N) is 1. The molecule has 0 radical (unpaired) electrons. The van der Waals surface area contributed by atoms with E-state index in [1.54, 1.807) is 7.11 Å². The highest BCUT2D eigenvalue weighted by Crippen LogP contribution is 2.26. The van der Waals surface area contributed by atoms with E-state index in [1.165, 1.54) is 18.6 Å². The maximum absolute atomic E-state index is 14.0. The molecular formula is C17H19FN6O. The lowest BCUT2D eigenvalue weighted by Crippen LogP contribution is -2.36. The van der Waals surface area contributed by atoms with Gasteiger partial charge in [-0.15, -0.1) is 0 Å². The van der Waals surface area contributed by atoms with Crippen molar-refractivity contribution in [3.05, 3.63) is 41.7 Å². The molecule has 2 atom stereocenters. The summed E-state index contributed by atoms with van der Waals surface area (Å²) in [6, 6.07) is 5.05. The SMILES string of the molecule is CO[C@H]1C[C@@H](CNc2ncc(C#N)cc2F)N(c2cc(C)ncn2)C1. The van der Waals surface area contributed by atoms with Gasteiger partial charge >= 0.3 is 0 Å². The molecule has 1 aliphatic heterocycles. The highest BCUT2D eigenvalue weighted by molar-refractivity contribution is 5.45. The zero-order chi connectivity index (χ0) is 17.8. The van der Waals surface area contributed by atoms with Crippen molar-refractivity contribution in [2.45, 2.75) is 25.5 Å². The third-order valence-electron chi connectivity index (χ3n) is 4.27. The number of aromatic nitrogens is 3. The van der Waals surface area contributed by atoms with Gasteiger partial charge in [-0.3, -0.25) is 0 Å². The topological polar surface area (TPSA) is 87.0 Å². The lowest BCUT2D eigenvalue weighted by atomic mass is 10.2. The second-order valence-electron chi connectivity index (χ2n) is 5.96. The number of aryl methyl sites for hydroxylation is 1. The summed E-state index contributed by atoms with van der Waals surface area (Å²) in [7, 11) is 1.69. The summed E-state index contributed by atoms with van der Waals surface area (Å²) in [5.41, 5.74) is 1.08. The fourth-order valence-electron chi connectivity index (χ4n) is 2.96. The Morgan fingerprint density at radius 1 is 1.40 bits per heavy atom. The van der Waals surface area contributed by atoms with Crippen molar-refractivity contribution >= 4 is 11.6 Å². The van der Waals surface area contributed by atoms with Crippen LogP contribution in [0, 0.1) is 24.1 Å². The first kappa shape index (κ1) is 17.0. The van der Waals surface area contributed by atoms with Crippen molar-refractivity contribution in [1.82, 2.24) is 15.0 Å². The quantitative estimate of drug-likeness (QED) is 0.888. The van der Waals surface area contributed by atoms with Crippen molar-refractivity contribution in [3.8, 4) is 6.07 Å². The Morgan fingerprint density at radius 2 is 2.24 bits per heavy atom. The van der Waals surface area contributed by atoms with E-state index in [0.717, 1.165) is 17.9 Å². The molecule has 1 saturated heterocycles. The molecule has 0 saturated carbocycles. The molecule has 0 unspecified atom stereocenters. The number of anilines is 2. The number of hydrogen-bond acceptors (Lipinski definition) is 7. The van der Waals surface area contributed by atoms with Crippen LogP contribution in [0.4, 0.5) is 16.0 Å². The smallest absolute Gasteiger partial charge is 0.166 e. The Hall–Kier alpha value is -2.79. The molecular weight excluding hydrogens is 323 g/mol. The average molecular weight is 342 g/mol. The number of methoxy groups -OCH3 is 1. The Bertz CT molecular complexity index is 793. The lowest BCUT2D eigenvalue weighted by Gasteiger charge is -2.25. The zero-order valence-electron chi connectivity index (χ0n) is 14.1. The van der Waals surface area contributed by atoms with Gasteiger partial charge in [0.15, 0.2) is 11.6 Å². The van der Waals surface area contributed by atoms with Gasteiger partial charge in [-0.05, 0) is 19.4 Å². The number of nitrogens with zero attached hydrogens (tertiary/aromatic N) is 5. The van der Waals surface area contributed by atoms with Gasteiger partial charge in [0.2, 0.25) is 0 Å². The summed E-state index contributed by atoms with van der Waals surface area (Å²) in [6.07, 6.45) is 3.77. The Morgan fingerprint density at radius 3 is 2.92 bits per heavy atom. The first-order chi connectivity index (χ1) is 12.1. The van der Waals surface area contributed by atoms with Gasteiger partial charge in [-0.1, -0.05) is 0 Å². The highest BCUT2D eigenvalue weighted by Gasteiger charge is 2.33. The number of pyridine rings is 1.